The van der Waals surface area contributed by atoms with Crippen molar-refractivity contribution in [3.05, 3.63) is 0 Å². The van der Waals surface area contributed by atoms with Gasteiger partial charge >= 0.3 is 13.2 Å². The second-order valence-electron chi connectivity index (χ2n) is 2.54. The first-order valence-electron chi connectivity index (χ1n) is 2.88. The van der Waals surface area contributed by atoms with E-state index in [1.54, 1.807) is 0 Å². The van der Waals surface area contributed by atoms with E-state index in [-0.39, 0.29) is 0 Å². The Bertz CT molecular complexity index is 158. The van der Waals surface area contributed by atoms with Crippen LogP contribution in [0.3, 0.4) is 0 Å². The van der Waals surface area contributed by atoms with Crippen LogP contribution < -0.4 is 0 Å². The third kappa shape index (κ3) is 1.13. The van der Waals surface area contributed by atoms with E-state index in [9.17, 15) is 13.2 Å². The van der Waals surface area contributed by atoms with Gasteiger partial charge in [-0.25, -0.2) is 4.39 Å². The predicted molar refractivity (Wildman–Crippen MR) is 29.5 cm³/mol. The summed E-state index contributed by atoms with van der Waals surface area (Å²) in [6.45, 7) is 0.639. The summed E-state index contributed by atoms with van der Waals surface area (Å²) in [5.41, 5.74) is -2.78. The fraction of sp³-hybridized carbons (Fsp3) is 1.00. The molecule has 1 aliphatic rings. The van der Waals surface area contributed by atoms with Gasteiger partial charge in [0.25, 0.3) is 0 Å². The van der Waals surface area contributed by atoms with E-state index in [1.807, 2.05) is 0 Å². The first kappa shape index (κ1) is 8.83. The van der Waals surface area contributed by atoms with Crippen LogP contribution in [0.1, 0.15) is 6.92 Å². The second-order valence-corrected chi connectivity index (χ2v) is 2.54. The third-order valence-corrected chi connectivity index (χ3v) is 1.65. The summed E-state index contributed by atoms with van der Waals surface area (Å²) in [7, 11) is -2.36. The molecule has 1 aliphatic carbocycles. The van der Waals surface area contributed by atoms with Crippen molar-refractivity contribution in [1.82, 2.24) is 0 Å². The molecule has 1 saturated carbocycles. The lowest BCUT2D eigenvalue weighted by Crippen LogP contribution is -2.22. The van der Waals surface area contributed by atoms with E-state index in [0.29, 0.717) is 6.92 Å². The van der Waals surface area contributed by atoms with Crippen molar-refractivity contribution in [2.45, 2.75) is 24.6 Å². The molecule has 2 N–H and O–H groups in total. The van der Waals surface area contributed by atoms with E-state index in [0.717, 1.165) is 0 Å². The van der Waals surface area contributed by atoms with Crippen molar-refractivity contribution in [2.24, 2.45) is 0 Å². The van der Waals surface area contributed by atoms with E-state index < -0.39 is 25.0 Å². The Kier molecular flexibility index (Phi) is 1.70. The molecule has 0 amide bonds. The average Bonchev–Trinajstić information content (AvgIpc) is 2.11. The SMILES string of the molecule is C[C@]1(F)[C@H](OB(O)O)C1(F)F. The maximum absolute atomic E-state index is 12.5. The van der Waals surface area contributed by atoms with E-state index in [2.05, 4.69) is 4.65 Å². The van der Waals surface area contributed by atoms with Crippen LogP contribution in [0.2, 0.25) is 0 Å². The molecule has 0 saturated heterocycles. The zero-order valence-electron chi connectivity index (χ0n) is 5.59. The van der Waals surface area contributed by atoms with Crippen LogP contribution in [0.25, 0.3) is 0 Å². The molecular weight excluding hydrogens is 164 g/mol. The van der Waals surface area contributed by atoms with Gasteiger partial charge in [-0.05, 0) is 6.92 Å². The lowest BCUT2D eigenvalue weighted by molar-refractivity contribution is 0.0304. The maximum atomic E-state index is 12.5. The van der Waals surface area contributed by atoms with Gasteiger partial charge in [0.15, 0.2) is 6.10 Å². The molecule has 1 fully saturated rings. The molecular formula is C4H6BF3O3. The molecule has 0 radical (unpaired) electrons. The Morgan fingerprint density at radius 3 is 1.82 bits per heavy atom. The lowest BCUT2D eigenvalue weighted by atomic mass is 10.2. The lowest BCUT2D eigenvalue weighted by Gasteiger charge is -1.97. The van der Waals surface area contributed by atoms with Gasteiger partial charge in [0.2, 0.25) is 5.67 Å². The van der Waals surface area contributed by atoms with Gasteiger partial charge < -0.3 is 14.7 Å². The highest BCUT2D eigenvalue weighted by molar-refractivity contribution is 6.32. The molecule has 7 heteroatoms. The first-order valence-corrected chi connectivity index (χ1v) is 2.88. The quantitative estimate of drug-likeness (QED) is 0.560. The van der Waals surface area contributed by atoms with E-state index in [1.165, 1.54) is 0 Å². The molecule has 64 valence electrons. The first-order chi connectivity index (χ1) is 4.80. The van der Waals surface area contributed by atoms with Gasteiger partial charge in [0.05, 0.1) is 0 Å². The molecule has 11 heavy (non-hydrogen) atoms. The van der Waals surface area contributed by atoms with Crippen LogP contribution in [0, 0.1) is 0 Å². The van der Waals surface area contributed by atoms with Gasteiger partial charge in [-0.3, -0.25) is 0 Å². The Balaban J connectivity index is 2.54. The minimum Gasteiger partial charge on any atom is -0.402 e. The Morgan fingerprint density at radius 1 is 1.36 bits per heavy atom. The van der Waals surface area contributed by atoms with Crippen LogP contribution in [-0.4, -0.2) is 35.1 Å². The average molecular weight is 170 g/mol. The molecule has 0 bridgehead atoms. The monoisotopic (exact) mass is 170 g/mol. The molecule has 0 aromatic rings. The summed E-state index contributed by atoms with van der Waals surface area (Å²) < 4.78 is 40.7. The van der Waals surface area contributed by atoms with Crippen molar-refractivity contribution in [3.63, 3.8) is 0 Å². The molecule has 0 aromatic carbocycles. The zero-order valence-corrected chi connectivity index (χ0v) is 5.59. The van der Waals surface area contributed by atoms with Crippen molar-refractivity contribution in [2.75, 3.05) is 0 Å². The van der Waals surface area contributed by atoms with Crippen LogP contribution in [0.15, 0.2) is 0 Å². The largest absolute Gasteiger partial charge is 0.634 e. The minimum absolute atomic E-state index is 0.639. The smallest absolute Gasteiger partial charge is 0.402 e. The standard InChI is InChI=1S/C4H6BF3O3/c1-3(6)2(4(3,7)8)11-5(9)10/h2,9-10H,1H3/t2-,3-/m0/s1. The summed E-state index contributed by atoms with van der Waals surface area (Å²) in [5, 5.41) is 16.1. The summed E-state index contributed by atoms with van der Waals surface area (Å²) in [6, 6.07) is 0. The number of alkyl halides is 3. The zero-order chi connectivity index (χ0) is 8.86. The minimum atomic E-state index is -3.61. The summed E-state index contributed by atoms with van der Waals surface area (Å²) in [5.74, 6) is -3.61. The van der Waals surface area contributed by atoms with Gasteiger partial charge in [-0.15, -0.1) is 0 Å². The highest BCUT2D eigenvalue weighted by Crippen LogP contribution is 2.57. The van der Waals surface area contributed by atoms with Gasteiger partial charge in [0.1, 0.15) is 0 Å². The summed E-state index contributed by atoms with van der Waals surface area (Å²) in [6.07, 6.45) is -2.05. The van der Waals surface area contributed by atoms with Crippen molar-refractivity contribution >= 4 is 7.32 Å². The second kappa shape index (κ2) is 2.12. The van der Waals surface area contributed by atoms with Crippen LogP contribution in [-0.2, 0) is 4.65 Å². The number of hydrogen-bond acceptors (Lipinski definition) is 3. The highest BCUT2D eigenvalue weighted by Gasteiger charge is 2.82. The Morgan fingerprint density at radius 2 is 1.73 bits per heavy atom. The van der Waals surface area contributed by atoms with Crippen molar-refractivity contribution in [3.8, 4) is 0 Å². The fourth-order valence-electron chi connectivity index (χ4n) is 0.799. The van der Waals surface area contributed by atoms with E-state index in [4.69, 9.17) is 10.0 Å². The molecule has 0 aliphatic heterocycles. The van der Waals surface area contributed by atoms with Crippen molar-refractivity contribution in [1.29, 1.82) is 0 Å². The van der Waals surface area contributed by atoms with Gasteiger partial charge in [0, 0.05) is 0 Å². The van der Waals surface area contributed by atoms with E-state index >= 15 is 0 Å². The molecule has 0 spiro atoms. The highest BCUT2D eigenvalue weighted by atomic mass is 19.3. The number of rotatable bonds is 2. The molecule has 3 nitrogen and oxygen atoms in total. The topological polar surface area (TPSA) is 49.7 Å². The molecule has 0 heterocycles. The number of hydrogen-bond donors (Lipinski definition) is 2. The van der Waals surface area contributed by atoms with Crippen molar-refractivity contribution < 1.29 is 27.9 Å². The van der Waals surface area contributed by atoms with Crippen LogP contribution >= 0.6 is 0 Å². The number of halogens is 3. The maximum Gasteiger partial charge on any atom is 0.634 e. The molecule has 0 aromatic heterocycles. The molecule has 1 rings (SSSR count). The molecule has 2 atom stereocenters. The third-order valence-electron chi connectivity index (χ3n) is 1.65. The normalized spacial score (nSPS) is 40.4. The Labute approximate surface area is 61.0 Å². The molecule has 0 unspecified atom stereocenters. The fourth-order valence-corrected chi connectivity index (χ4v) is 0.799. The predicted octanol–water partition coefficient (Wildman–Crippen LogP) is -0.282. The summed E-state index contributed by atoms with van der Waals surface area (Å²) in [4.78, 5) is 0. The van der Waals surface area contributed by atoms with Gasteiger partial charge in [-0.2, -0.15) is 8.78 Å². The van der Waals surface area contributed by atoms with Gasteiger partial charge in [-0.1, -0.05) is 0 Å². The Hall–Kier alpha value is -0.265. The van der Waals surface area contributed by atoms with Crippen LogP contribution in [0.5, 0.6) is 0 Å². The summed E-state index contributed by atoms with van der Waals surface area (Å²) >= 11 is 0. The van der Waals surface area contributed by atoms with Crippen LogP contribution in [0.4, 0.5) is 13.2 Å².